The number of nitrogens with one attached hydrogen (secondary N) is 1. The van der Waals surface area contributed by atoms with Crippen LogP contribution in [0.5, 0.6) is 0 Å². The number of anilines is 1. The van der Waals surface area contributed by atoms with Crippen LogP contribution in [0.15, 0.2) is 59.2 Å². The number of nitrogens with two attached hydrogens (primary N) is 1. The minimum Gasteiger partial charge on any atom is -0.402 e. The van der Waals surface area contributed by atoms with Crippen molar-refractivity contribution >= 4 is 30.9 Å². The Kier molecular flexibility index (Phi) is 6.04. The Morgan fingerprint density at radius 3 is 2.65 bits per heavy atom. The molecule has 0 spiro atoms. The molecule has 3 nitrogen and oxygen atoms in total. The summed E-state index contributed by atoms with van der Waals surface area (Å²) < 4.78 is 0. The second kappa shape index (κ2) is 8.23. The van der Waals surface area contributed by atoms with E-state index in [1.807, 2.05) is 55.6 Å². The van der Waals surface area contributed by atoms with E-state index in [4.69, 9.17) is 13.6 Å². The molecule has 2 aromatic rings. The molecule has 0 aliphatic heterocycles. The van der Waals surface area contributed by atoms with Gasteiger partial charge in [0.05, 0.1) is 5.69 Å². The highest BCUT2D eigenvalue weighted by Gasteiger charge is 2.04. The summed E-state index contributed by atoms with van der Waals surface area (Å²) in [4.78, 5) is 4.38. The molecule has 0 aromatic heterocycles. The topological polar surface area (TPSA) is 50.4 Å². The smallest absolute Gasteiger partial charge is 0.114 e. The SMILES string of the molecule is [B]c1cccc(NC)c1CCC(N)=CC=Nc1ccc(C)cc1. The Labute approximate surface area is 139 Å². The maximum absolute atomic E-state index is 6.06. The molecule has 0 heterocycles. The lowest BCUT2D eigenvalue weighted by Gasteiger charge is -2.12. The second-order valence-corrected chi connectivity index (χ2v) is 5.48. The van der Waals surface area contributed by atoms with Crippen molar-refractivity contribution in [1.29, 1.82) is 0 Å². The first-order valence-corrected chi connectivity index (χ1v) is 7.70. The highest BCUT2D eigenvalue weighted by Crippen LogP contribution is 2.15. The molecule has 0 saturated carbocycles. The van der Waals surface area contributed by atoms with Crippen molar-refractivity contribution in [3.63, 3.8) is 0 Å². The van der Waals surface area contributed by atoms with Gasteiger partial charge in [0.25, 0.3) is 0 Å². The monoisotopic (exact) mass is 303 g/mol. The van der Waals surface area contributed by atoms with Crippen LogP contribution in [-0.4, -0.2) is 21.1 Å². The van der Waals surface area contributed by atoms with Crippen molar-refractivity contribution < 1.29 is 0 Å². The molecule has 3 N–H and O–H groups in total. The molecule has 0 aliphatic rings. The molecule has 0 unspecified atom stereocenters. The predicted molar refractivity (Wildman–Crippen MR) is 101 cm³/mol. The quantitative estimate of drug-likeness (QED) is 0.636. The molecule has 4 heteroatoms. The predicted octanol–water partition coefficient (Wildman–Crippen LogP) is 3.01. The van der Waals surface area contributed by atoms with Gasteiger partial charge in [0.1, 0.15) is 7.85 Å². The fourth-order valence-corrected chi connectivity index (χ4v) is 2.32. The second-order valence-electron chi connectivity index (χ2n) is 5.48. The van der Waals surface area contributed by atoms with E-state index in [1.165, 1.54) is 5.56 Å². The molecule has 2 rings (SSSR count). The van der Waals surface area contributed by atoms with Gasteiger partial charge in [0, 0.05) is 24.6 Å². The first kappa shape index (κ1) is 16.9. The molecule has 0 amide bonds. The van der Waals surface area contributed by atoms with E-state index in [2.05, 4.69) is 17.2 Å². The Balaban J connectivity index is 1.97. The number of hydrogen-bond donors (Lipinski definition) is 2. The zero-order valence-corrected chi connectivity index (χ0v) is 13.7. The lowest BCUT2D eigenvalue weighted by atomic mass is 9.87. The first-order chi connectivity index (χ1) is 11.1. The normalized spacial score (nSPS) is 11.8. The summed E-state index contributed by atoms with van der Waals surface area (Å²) in [6, 6.07) is 13.9. The van der Waals surface area contributed by atoms with Crippen molar-refractivity contribution in [3.8, 4) is 0 Å². The summed E-state index contributed by atoms with van der Waals surface area (Å²) in [5.74, 6) is 0. The van der Waals surface area contributed by atoms with Gasteiger partial charge in [0.2, 0.25) is 0 Å². The van der Waals surface area contributed by atoms with Gasteiger partial charge in [-0.3, -0.25) is 4.99 Å². The van der Waals surface area contributed by atoms with Crippen LogP contribution in [-0.2, 0) is 6.42 Å². The van der Waals surface area contributed by atoms with Gasteiger partial charge in [0.15, 0.2) is 0 Å². The fourth-order valence-electron chi connectivity index (χ4n) is 2.32. The third-order valence-corrected chi connectivity index (χ3v) is 3.69. The molecule has 0 atom stereocenters. The average molecular weight is 303 g/mol. The zero-order valence-electron chi connectivity index (χ0n) is 13.7. The van der Waals surface area contributed by atoms with Gasteiger partial charge in [-0.05, 0) is 49.6 Å². The molecule has 0 aliphatic carbocycles. The van der Waals surface area contributed by atoms with Crippen molar-refractivity contribution in [3.05, 3.63) is 65.4 Å². The number of rotatable bonds is 6. The summed E-state index contributed by atoms with van der Waals surface area (Å²) in [5, 5.41) is 3.16. The van der Waals surface area contributed by atoms with Crippen LogP contribution in [0.2, 0.25) is 0 Å². The van der Waals surface area contributed by atoms with Crippen LogP contribution in [0.25, 0.3) is 0 Å². The highest BCUT2D eigenvalue weighted by atomic mass is 14.8. The van der Waals surface area contributed by atoms with Gasteiger partial charge in [-0.1, -0.05) is 35.3 Å². The van der Waals surface area contributed by atoms with Crippen LogP contribution in [0.3, 0.4) is 0 Å². The van der Waals surface area contributed by atoms with Gasteiger partial charge < -0.3 is 11.1 Å². The van der Waals surface area contributed by atoms with E-state index < -0.39 is 0 Å². The molecular formula is C19H22BN3. The minimum absolute atomic E-state index is 0.739. The van der Waals surface area contributed by atoms with Gasteiger partial charge in [-0.2, -0.15) is 0 Å². The Hall–Kier alpha value is -2.49. The summed E-state index contributed by atoms with van der Waals surface area (Å²) in [6.07, 6.45) is 5.12. The molecule has 0 bridgehead atoms. The number of allylic oxidation sites excluding steroid dienone is 2. The Morgan fingerprint density at radius 1 is 1.22 bits per heavy atom. The highest BCUT2D eigenvalue weighted by molar-refractivity contribution is 6.33. The van der Waals surface area contributed by atoms with Crippen molar-refractivity contribution in [2.75, 3.05) is 12.4 Å². The maximum atomic E-state index is 6.06. The lowest BCUT2D eigenvalue weighted by molar-refractivity contribution is 0.934. The van der Waals surface area contributed by atoms with E-state index in [9.17, 15) is 0 Å². The Bertz CT molecular complexity index is 703. The number of aryl methyl sites for hydroxylation is 1. The summed E-state index contributed by atoms with van der Waals surface area (Å²) in [6.45, 7) is 2.06. The van der Waals surface area contributed by atoms with Crippen LogP contribution in [0.4, 0.5) is 11.4 Å². The first-order valence-electron chi connectivity index (χ1n) is 7.70. The average Bonchev–Trinajstić information content (AvgIpc) is 2.55. The minimum atomic E-state index is 0.739. The van der Waals surface area contributed by atoms with Gasteiger partial charge in [-0.25, -0.2) is 0 Å². The van der Waals surface area contributed by atoms with Crippen molar-refractivity contribution in [2.45, 2.75) is 19.8 Å². The number of benzene rings is 2. The lowest BCUT2D eigenvalue weighted by Crippen LogP contribution is -2.14. The molecular weight excluding hydrogens is 281 g/mol. The van der Waals surface area contributed by atoms with Crippen LogP contribution in [0, 0.1) is 6.92 Å². The summed E-state index contributed by atoms with van der Waals surface area (Å²) >= 11 is 0. The Morgan fingerprint density at radius 2 is 1.96 bits per heavy atom. The van der Waals surface area contributed by atoms with Crippen LogP contribution < -0.4 is 16.5 Å². The van der Waals surface area contributed by atoms with E-state index >= 15 is 0 Å². The summed E-state index contributed by atoms with van der Waals surface area (Å²) in [7, 11) is 7.94. The third kappa shape index (κ3) is 5.03. The molecule has 23 heavy (non-hydrogen) atoms. The largest absolute Gasteiger partial charge is 0.402 e. The molecule has 116 valence electrons. The maximum Gasteiger partial charge on any atom is 0.114 e. The van der Waals surface area contributed by atoms with E-state index in [1.54, 1.807) is 6.21 Å². The number of nitrogens with zero attached hydrogens (tertiary/aromatic N) is 1. The number of aliphatic imine (C=N–C) groups is 1. The van der Waals surface area contributed by atoms with Gasteiger partial charge >= 0.3 is 0 Å². The molecule has 0 fully saturated rings. The molecule has 2 radical (unpaired) electrons. The third-order valence-electron chi connectivity index (χ3n) is 3.69. The molecule has 0 saturated heterocycles. The molecule has 2 aromatic carbocycles. The van der Waals surface area contributed by atoms with Crippen molar-refractivity contribution in [2.24, 2.45) is 10.7 Å². The standard InChI is InChI=1S/C19H22BN3/c1-14-6-9-16(10-7-14)23-13-12-15(21)8-11-17-18(20)4-3-5-19(17)22-2/h3-7,9-10,12-13,22H,8,11,21H2,1-2H3. The number of hydrogen-bond acceptors (Lipinski definition) is 3. The summed E-state index contributed by atoms with van der Waals surface area (Å²) in [5.41, 5.74) is 11.9. The van der Waals surface area contributed by atoms with E-state index in [-0.39, 0.29) is 0 Å². The van der Waals surface area contributed by atoms with E-state index in [0.29, 0.717) is 0 Å². The van der Waals surface area contributed by atoms with Crippen LogP contribution >= 0.6 is 0 Å². The van der Waals surface area contributed by atoms with E-state index in [0.717, 1.165) is 40.9 Å². The van der Waals surface area contributed by atoms with Crippen molar-refractivity contribution in [1.82, 2.24) is 0 Å². The van der Waals surface area contributed by atoms with Gasteiger partial charge in [-0.15, -0.1) is 0 Å². The zero-order chi connectivity index (χ0) is 16.7. The fraction of sp³-hybridized carbons (Fsp3) is 0.211. The van der Waals surface area contributed by atoms with Crippen LogP contribution in [0.1, 0.15) is 17.5 Å².